The molecule has 2 atom stereocenters. The molecule has 1 fully saturated rings. The Hall–Kier alpha value is -2.58. The minimum absolute atomic E-state index is 0.0138. The quantitative estimate of drug-likeness (QED) is 0.415. The van der Waals surface area contributed by atoms with Crippen molar-refractivity contribution in [3.05, 3.63) is 54.6 Å². The molecule has 0 aliphatic carbocycles. The van der Waals surface area contributed by atoms with Crippen LogP contribution in [0.1, 0.15) is 26.7 Å². The van der Waals surface area contributed by atoms with Gasteiger partial charge in [-0.15, -0.1) is 0 Å². The molecule has 0 unspecified atom stereocenters. The van der Waals surface area contributed by atoms with Crippen LogP contribution in [-0.4, -0.2) is 60.7 Å². The molecule has 3 aromatic rings. The first-order valence-corrected chi connectivity index (χ1v) is 14.3. The molecule has 0 radical (unpaired) electrons. The van der Waals surface area contributed by atoms with Gasteiger partial charge in [0.25, 0.3) is 0 Å². The standard InChI is InChI=1S/C26H30N2O4S2/c1-4-18(2)28(20-12-13-34(30,31)17-20)26(29)16-33-25-15-23(19-8-6-5-7-9-19)22-11-10-21(32-3)14-24(22)27-25/h5-11,14-15,18,20H,4,12-13,16-17H2,1-3H3/t18-,20-/m0/s1. The molecule has 180 valence electrons. The first-order valence-electron chi connectivity index (χ1n) is 11.5. The van der Waals surface area contributed by atoms with E-state index in [4.69, 9.17) is 9.72 Å². The van der Waals surface area contributed by atoms with Crippen molar-refractivity contribution in [2.45, 2.75) is 43.8 Å². The number of carbonyl (C=O) groups is 1. The number of amides is 1. The van der Waals surface area contributed by atoms with Crippen molar-refractivity contribution in [2.75, 3.05) is 24.4 Å². The second-order valence-corrected chi connectivity index (χ2v) is 11.9. The van der Waals surface area contributed by atoms with Gasteiger partial charge in [0, 0.05) is 23.5 Å². The highest BCUT2D eigenvalue weighted by Crippen LogP contribution is 2.34. The third-order valence-corrected chi connectivity index (χ3v) is 9.02. The monoisotopic (exact) mass is 498 g/mol. The lowest BCUT2D eigenvalue weighted by Gasteiger charge is -2.33. The summed E-state index contributed by atoms with van der Waals surface area (Å²) in [4.78, 5) is 19.9. The minimum Gasteiger partial charge on any atom is -0.497 e. The van der Waals surface area contributed by atoms with Crippen LogP contribution in [0.5, 0.6) is 5.75 Å². The molecule has 0 saturated carbocycles. The fraction of sp³-hybridized carbons (Fsp3) is 0.385. The van der Waals surface area contributed by atoms with E-state index in [0.717, 1.165) is 39.2 Å². The topological polar surface area (TPSA) is 76.6 Å². The Morgan fingerprint density at radius 3 is 2.62 bits per heavy atom. The molecule has 1 aromatic heterocycles. The maximum absolute atomic E-state index is 13.3. The number of rotatable bonds is 8. The van der Waals surface area contributed by atoms with E-state index in [1.165, 1.54) is 11.8 Å². The molecule has 1 aliphatic rings. The molecule has 0 N–H and O–H groups in total. The molecule has 0 bridgehead atoms. The number of fused-ring (bicyclic) bond motifs is 1. The van der Waals surface area contributed by atoms with Gasteiger partial charge in [-0.1, -0.05) is 49.0 Å². The number of hydrogen-bond donors (Lipinski definition) is 0. The van der Waals surface area contributed by atoms with Crippen LogP contribution >= 0.6 is 11.8 Å². The SMILES string of the molecule is CC[C@H](C)N(C(=O)CSc1cc(-c2ccccc2)c2ccc(OC)cc2n1)[C@H]1CCS(=O)(=O)C1. The third kappa shape index (κ3) is 5.39. The zero-order chi connectivity index (χ0) is 24.3. The summed E-state index contributed by atoms with van der Waals surface area (Å²) >= 11 is 1.39. The number of sulfone groups is 1. The number of aromatic nitrogens is 1. The molecule has 1 aliphatic heterocycles. The molecule has 1 amide bonds. The number of ether oxygens (including phenoxy) is 1. The average Bonchev–Trinajstić information content (AvgIpc) is 3.21. The molecule has 34 heavy (non-hydrogen) atoms. The van der Waals surface area contributed by atoms with Gasteiger partial charge in [0.1, 0.15) is 5.75 Å². The van der Waals surface area contributed by atoms with Crippen LogP contribution in [0.2, 0.25) is 0 Å². The number of carbonyl (C=O) groups excluding carboxylic acids is 1. The number of thioether (sulfide) groups is 1. The largest absolute Gasteiger partial charge is 0.497 e. The van der Waals surface area contributed by atoms with E-state index in [0.29, 0.717) is 6.42 Å². The smallest absolute Gasteiger partial charge is 0.233 e. The second-order valence-electron chi connectivity index (χ2n) is 8.66. The Morgan fingerprint density at radius 1 is 1.21 bits per heavy atom. The van der Waals surface area contributed by atoms with Gasteiger partial charge in [0.05, 0.1) is 34.9 Å². The zero-order valence-corrected chi connectivity index (χ0v) is 21.4. The van der Waals surface area contributed by atoms with Gasteiger partial charge < -0.3 is 9.64 Å². The van der Waals surface area contributed by atoms with Crippen molar-refractivity contribution in [3.63, 3.8) is 0 Å². The lowest BCUT2D eigenvalue weighted by atomic mass is 10.0. The first-order chi connectivity index (χ1) is 16.3. The van der Waals surface area contributed by atoms with E-state index < -0.39 is 9.84 Å². The van der Waals surface area contributed by atoms with E-state index in [1.54, 1.807) is 12.0 Å². The van der Waals surface area contributed by atoms with Gasteiger partial charge in [-0.05, 0) is 49.1 Å². The Labute approximate surface area is 205 Å². The Balaban J connectivity index is 1.62. The summed E-state index contributed by atoms with van der Waals surface area (Å²) < 4.78 is 29.5. The second kappa shape index (κ2) is 10.4. The fourth-order valence-electron chi connectivity index (χ4n) is 4.45. The summed E-state index contributed by atoms with van der Waals surface area (Å²) in [5.41, 5.74) is 2.92. The predicted molar refractivity (Wildman–Crippen MR) is 138 cm³/mol. The van der Waals surface area contributed by atoms with Gasteiger partial charge >= 0.3 is 0 Å². The summed E-state index contributed by atoms with van der Waals surface area (Å²) in [6.07, 6.45) is 1.29. The third-order valence-electron chi connectivity index (χ3n) is 6.38. The lowest BCUT2D eigenvalue weighted by molar-refractivity contribution is -0.132. The van der Waals surface area contributed by atoms with Crippen LogP contribution in [-0.2, 0) is 14.6 Å². The van der Waals surface area contributed by atoms with Crippen molar-refractivity contribution >= 4 is 38.4 Å². The van der Waals surface area contributed by atoms with Crippen molar-refractivity contribution in [1.29, 1.82) is 0 Å². The van der Waals surface area contributed by atoms with E-state index in [-0.39, 0.29) is 35.2 Å². The fourth-order valence-corrected chi connectivity index (χ4v) is 6.95. The van der Waals surface area contributed by atoms with E-state index in [1.807, 2.05) is 56.3 Å². The Kier molecular flexibility index (Phi) is 7.48. The van der Waals surface area contributed by atoms with Gasteiger partial charge in [-0.2, -0.15) is 0 Å². The summed E-state index contributed by atoms with van der Waals surface area (Å²) in [5, 5.41) is 1.76. The average molecular weight is 499 g/mol. The molecule has 6 nitrogen and oxygen atoms in total. The van der Waals surface area contributed by atoms with Crippen molar-refractivity contribution in [3.8, 4) is 16.9 Å². The maximum atomic E-state index is 13.3. The molecule has 4 rings (SSSR count). The zero-order valence-electron chi connectivity index (χ0n) is 19.7. The van der Waals surface area contributed by atoms with Crippen LogP contribution < -0.4 is 4.74 Å². The molecule has 1 saturated heterocycles. The van der Waals surface area contributed by atoms with Crippen molar-refractivity contribution in [2.24, 2.45) is 0 Å². The van der Waals surface area contributed by atoms with Crippen LogP contribution in [0.25, 0.3) is 22.0 Å². The van der Waals surface area contributed by atoms with E-state index in [2.05, 4.69) is 12.1 Å². The number of nitrogens with zero attached hydrogens (tertiary/aromatic N) is 2. The van der Waals surface area contributed by atoms with Gasteiger partial charge in [0.2, 0.25) is 5.91 Å². The first kappa shape index (κ1) is 24.5. The number of hydrogen-bond acceptors (Lipinski definition) is 6. The molecular weight excluding hydrogens is 468 g/mol. The van der Waals surface area contributed by atoms with Crippen LogP contribution in [0.4, 0.5) is 0 Å². The highest BCUT2D eigenvalue weighted by molar-refractivity contribution is 7.99. The Bertz CT molecular complexity index is 1280. The van der Waals surface area contributed by atoms with Crippen LogP contribution in [0.15, 0.2) is 59.6 Å². The van der Waals surface area contributed by atoms with Crippen LogP contribution in [0.3, 0.4) is 0 Å². The highest BCUT2D eigenvalue weighted by Gasteiger charge is 2.36. The number of pyridine rings is 1. The number of benzene rings is 2. The molecule has 2 heterocycles. The van der Waals surface area contributed by atoms with Crippen LogP contribution in [0, 0.1) is 0 Å². The summed E-state index contributed by atoms with van der Waals surface area (Å²) in [6.45, 7) is 4.01. The molecular formula is C26H30N2O4S2. The van der Waals surface area contributed by atoms with Crippen molar-refractivity contribution in [1.82, 2.24) is 9.88 Å². The highest BCUT2D eigenvalue weighted by atomic mass is 32.2. The molecule has 8 heteroatoms. The van der Waals surface area contributed by atoms with Gasteiger partial charge in [-0.3, -0.25) is 4.79 Å². The Morgan fingerprint density at radius 2 is 1.97 bits per heavy atom. The summed E-state index contributed by atoms with van der Waals surface area (Å²) in [7, 11) is -1.45. The lowest BCUT2D eigenvalue weighted by Crippen LogP contribution is -2.47. The van der Waals surface area contributed by atoms with E-state index >= 15 is 0 Å². The maximum Gasteiger partial charge on any atom is 0.233 e. The minimum atomic E-state index is -3.07. The predicted octanol–water partition coefficient (Wildman–Crippen LogP) is 4.82. The van der Waals surface area contributed by atoms with E-state index in [9.17, 15) is 13.2 Å². The van der Waals surface area contributed by atoms with Crippen molar-refractivity contribution < 1.29 is 17.9 Å². The normalized spacial score (nSPS) is 18.0. The summed E-state index contributed by atoms with van der Waals surface area (Å²) in [6, 6.07) is 17.7. The molecule has 0 spiro atoms. The van der Waals surface area contributed by atoms with Gasteiger partial charge in [-0.25, -0.2) is 13.4 Å². The molecule has 2 aromatic carbocycles. The van der Waals surface area contributed by atoms with Gasteiger partial charge in [0.15, 0.2) is 9.84 Å². The number of methoxy groups -OCH3 is 1. The summed E-state index contributed by atoms with van der Waals surface area (Å²) in [5.74, 6) is 1.09.